The maximum Gasteiger partial charge on any atom is 0.387 e. The molecule has 13 nitrogen and oxygen atoms in total. The highest BCUT2D eigenvalue weighted by Gasteiger charge is 2.42. The van der Waals surface area contributed by atoms with Crippen molar-refractivity contribution >= 4 is 38.6 Å². The number of sulfonamides is 1. The third kappa shape index (κ3) is 7.78. The molecule has 17 heteroatoms. The van der Waals surface area contributed by atoms with Crippen LogP contribution in [0.25, 0.3) is 33.7 Å². The van der Waals surface area contributed by atoms with Crippen molar-refractivity contribution in [3.63, 3.8) is 0 Å². The lowest BCUT2D eigenvalue weighted by Gasteiger charge is -2.25. The highest BCUT2D eigenvalue weighted by molar-refractivity contribution is 7.90. The minimum Gasteiger partial charge on any atom is -0.481 e. The van der Waals surface area contributed by atoms with Gasteiger partial charge in [-0.3, -0.25) is 19.3 Å². The number of ether oxygens (including phenoxy) is 3. The summed E-state index contributed by atoms with van der Waals surface area (Å²) < 4.78 is 78.8. The maximum absolute atomic E-state index is 14.0. The summed E-state index contributed by atoms with van der Waals surface area (Å²) in [5.74, 6) is 0.0181. The highest BCUT2D eigenvalue weighted by Crippen LogP contribution is 2.49. The summed E-state index contributed by atoms with van der Waals surface area (Å²) >= 11 is 7.22. The van der Waals surface area contributed by atoms with Crippen molar-refractivity contribution in [2.75, 3.05) is 33.3 Å². The molecule has 0 radical (unpaired) electrons. The fourth-order valence-corrected chi connectivity index (χ4v) is 11.5. The van der Waals surface area contributed by atoms with E-state index in [4.69, 9.17) is 35.2 Å². The lowest BCUT2D eigenvalue weighted by molar-refractivity contribution is -0.122. The molecule has 2 saturated heterocycles. The first-order valence-electron chi connectivity index (χ1n) is 21.2. The number of nitrogens with one attached hydrogen (secondary N) is 1. The quantitative estimate of drug-likeness (QED) is 0.121. The van der Waals surface area contributed by atoms with Crippen LogP contribution in [0.1, 0.15) is 78.5 Å². The standard InChI is InChI=1S/C45H46ClF2N5O8S/c1-58-43-25(21-52-18-17-26(54)23-52)8-15-38(50-43)59-37-14-12-29-28(4-2-5-30(29)37)31-6-3-7-33(39(31)46)44-49-35-20-34-32(40(41(35)60-44)61-45(47)48)11-13-36(34)53-19-16-24(22-53)42(55)51-62(56,57)27-9-10-27/h2-8,15,20,24,26-27,36-37,45,54H,9-14,16-19,21-23H2,1H3,(H,51,55)/t24-,26-,36-,37+/m1/s1. The molecule has 326 valence electrons. The second-order valence-electron chi connectivity index (χ2n) is 16.9. The largest absolute Gasteiger partial charge is 0.481 e. The number of carbonyl (C=O) groups is 1. The van der Waals surface area contributed by atoms with Gasteiger partial charge in [0.15, 0.2) is 11.3 Å². The van der Waals surface area contributed by atoms with E-state index in [2.05, 4.69) is 19.5 Å². The van der Waals surface area contributed by atoms with E-state index in [-0.39, 0.29) is 35.5 Å². The fraction of sp³-hybridized carbons (Fsp3) is 0.444. The molecule has 0 unspecified atom stereocenters. The minimum absolute atomic E-state index is 0.0647. The van der Waals surface area contributed by atoms with Crippen LogP contribution in [0.2, 0.25) is 5.02 Å². The Balaban J connectivity index is 0.907. The Labute approximate surface area is 362 Å². The number of oxazole rings is 1. The Morgan fingerprint density at radius 2 is 1.74 bits per heavy atom. The molecular formula is C45H46ClF2N5O8S. The molecule has 5 aromatic rings. The predicted octanol–water partition coefficient (Wildman–Crippen LogP) is 7.37. The predicted molar refractivity (Wildman–Crippen MR) is 226 cm³/mol. The smallest absolute Gasteiger partial charge is 0.387 e. The lowest BCUT2D eigenvalue weighted by atomic mass is 9.95. The summed E-state index contributed by atoms with van der Waals surface area (Å²) in [5.41, 5.74) is 6.99. The Hall–Kier alpha value is -4.87. The number of hydrogen-bond donors (Lipinski definition) is 2. The number of methoxy groups -OCH3 is 1. The molecule has 3 fully saturated rings. The molecule has 4 atom stereocenters. The van der Waals surface area contributed by atoms with Gasteiger partial charge in [0.2, 0.25) is 33.6 Å². The van der Waals surface area contributed by atoms with Crippen LogP contribution in [-0.2, 0) is 34.2 Å². The van der Waals surface area contributed by atoms with Gasteiger partial charge in [-0.2, -0.15) is 13.8 Å². The van der Waals surface area contributed by atoms with Gasteiger partial charge < -0.3 is 23.7 Å². The zero-order valence-corrected chi connectivity index (χ0v) is 35.6. The van der Waals surface area contributed by atoms with E-state index in [1.807, 2.05) is 48.5 Å². The number of hydrogen-bond acceptors (Lipinski definition) is 12. The van der Waals surface area contributed by atoms with Gasteiger partial charge >= 0.3 is 6.61 Å². The number of pyridine rings is 1. The van der Waals surface area contributed by atoms with Crippen LogP contribution in [0.3, 0.4) is 0 Å². The van der Waals surface area contributed by atoms with Crippen molar-refractivity contribution in [2.45, 2.75) is 88.0 Å². The molecule has 3 aromatic carbocycles. The number of fused-ring (bicyclic) bond motifs is 3. The molecule has 1 amide bonds. The highest BCUT2D eigenvalue weighted by atomic mass is 35.5. The Kier molecular flexibility index (Phi) is 10.9. The van der Waals surface area contributed by atoms with Crippen molar-refractivity contribution in [1.82, 2.24) is 24.5 Å². The van der Waals surface area contributed by atoms with Gasteiger partial charge in [-0.15, -0.1) is 0 Å². The summed E-state index contributed by atoms with van der Waals surface area (Å²) in [6.45, 7) is -0.171. The van der Waals surface area contributed by atoms with Crippen molar-refractivity contribution < 1.29 is 45.7 Å². The normalized spacial score (nSPS) is 22.7. The van der Waals surface area contributed by atoms with E-state index in [1.165, 1.54) is 0 Å². The Bertz CT molecular complexity index is 2680. The van der Waals surface area contributed by atoms with Crippen LogP contribution >= 0.6 is 11.6 Å². The Morgan fingerprint density at radius 1 is 0.952 bits per heavy atom. The van der Waals surface area contributed by atoms with Crippen LogP contribution in [-0.4, -0.2) is 90.5 Å². The zero-order chi connectivity index (χ0) is 42.9. The molecule has 62 heavy (non-hydrogen) atoms. The molecule has 2 aliphatic heterocycles. The van der Waals surface area contributed by atoms with E-state index < -0.39 is 33.7 Å². The number of β-amino-alcohol motifs (C(OH)–C–C–N with tert-alkyl or cyclic N) is 1. The van der Waals surface area contributed by atoms with Crippen LogP contribution < -0.4 is 18.9 Å². The maximum atomic E-state index is 14.0. The van der Waals surface area contributed by atoms with E-state index in [0.717, 1.165) is 59.2 Å². The van der Waals surface area contributed by atoms with Gasteiger partial charge in [0, 0.05) is 55.0 Å². The van der Waals surface area contributed by atoms with Gasteiger partial charge in [0.1, 0.15) is 11.6 Å². The summed E-state index contributed by atoms with van der Waals surface area (Å²) in [7, 11) is -2.08. The molecular weight excluding hydrogens is 844 g/mol. The number of likely N-dealkylation sites (tertiary alicyclic amines) is 2. The first-order valence-corrected chi connectivity index (χ1v) is 23.1. The number of benzene rings is 3. The van der Waals surface area contributed by atoms with Crippen LogP contribution in [0.4, 0.5) is 8.78 Å². The molecule has 2 N–H and O–H groups in total. The van der Waals surface area contributed by atoms with Gasteiger partial charge in [-0.1, -0.05) is 41.9 Å². The average molecular weight is 890 g/mol. The van der Waals surface area contributed by atoms with E-state index in [9.17, 15) is 27.1 Å². The number of rotatable bonds is 13. The van der Waals surface area contributed by atoms with E-state index >= 15 is 0 Å². The molecule has 10 rings (SSSR count). The van der Waals surface area contributed by atoms with Gasteiger partial charge in [0.25, 0.3) is 0 Å². The van der Waals surface area contributed by atoms with Gasteiger partial charge in [-0.25, -0.2) is 13.4 Å². The SMILES string of the molecule is COc1nc(O[C@H]2CCc3c(-c4cccc(-c5nc6cc7c(c(OC(F)F)c6o5)CC[C@H]7N5CC[C@@H](C(=O)NS(=O)(=O)C6CC6)C5)c4Cl)cccc32)ccc1CN1CC[C@@H](O)C1. The monoisotopic (exact) mass is 889 g/mol. The number of halogens is 3. The first kappa shape index (κ1) is 41.2. The first-order chi connectivity index (χ1) is 29.9. The molecule has 3 aliphatic carbocycles. The topological polar surface area (TPSA) is 157 Å². The summed E-state index contributed by atoms with van der Waals surface area (Å²) in [5, 5.41) is 9.85. The van der Waals surface area contributed by atoms with Gasteiger partial charge in [0.05, 0.1) is 35.0 Å². The number of amides is 1. The summed E-state index contributed by atoms with van der Waals surface area (Å²) in [6, 6.07) is 17.1. The molecule has 1 saturated carbocycles. The number of nitrogens with zero attached hydrogens (tertiary/aromatic N) is 4. The molecule has 5 aliphatic rings. The number of aromatic nitrogens is 2. The van der Waals surface area contributed by atoms with Gasteiger partial charge in [-0.05, 0) is 98.4 Å². The molecule has 0 spiro atoms. The third-order valence-electron chi connectivity index (χ3n) is 13.0. The zero-order valence-electron chi connectivity index (χ0n) is 34.0. The second kappa shape index (κ2) is 16.4. The van der Waals surface area contributed by atoms with Crippen molar-refractivity contribution in [3.8, 4) is 40.1 Å². The summed E-state index contributed by atoms with van der Waals surface area (Å²) in [6.07, 6.45) is 4.27. The molecule has 0 bridgehead atoms. The minimum atomic E-state index is -3.67. The lowest BCUT2D eigenvalue weighted by Crippen LogP contribution is -2.38. The van der Waals surface area contributed by atoms with E-state index in [0.29, 0.717) is 91.7 Å². The van der Waals surface area contributed by atoms with Crippen molar-refractivity contribution in [2.24, 2.45) is 5.92 Å². The summed E-state index contributed by atoms with van der Waals surface area (Å²) in [4.78, 5) is 26.7. The third-order valence-corrected chi connectivity index (χ3v) is 15.2. The number of alkyl halides is 2. The van der Waals surface area contributed by atoms with Crippen molar-refractivity contribution in [1.29, 1.82) is 0 Å². The van der Waals surface area contributed by atoms with Crippen LogP contribution in [0.5, 0.6) is 17.5 Å². The van der Waals surface area contributed by atoms with Crippen LogP contribution in [0, 0.1) is 5.92 Å². The molecule has 2 aromatic heterocycles. The van der Waals surface area contributed by atoms with Crippen LogP contribution in [0.15, 0.2) is 59.0 Å². The number of aliphatic hydroxyl groups is 1. The van der Waals surface area contributed by atoms with Crippen molar-refractivity contribution in [3.05, 3.63) is 87.4 Å². The fourth-order valence-electron chi connectivity index (χ4n) is 9.82. The second-order valence-corrected chi connectivity index (χ2v) is 19.3. The molecule has 4 heterocycles. The average Bonchev–Trinajstić information content (AvgIpc) is 3.66. The Morgan fingerprint density at radius 3 is 2.52 bits per heavy atom. The number of aliphatic hydroxyl groups excluding tert-OH is 1. The van der Waals surface area contributed by atoms with E-state index in [1.54, 1.807) is 13.2 Å². The number of carbonyl (C=O) groups excluding carboxylic acids is 1.